The first-order valence-electron chi connectivity index (χ1n) is 6.64. The molecule has 0 spiro atoms. The zero-order chi connectivity index (χ0) is 14.7. The van der Waals surface area contributed by atoms with Gasteiger partial charge in [0.05, 0.1) is 6.54 Å². The van der Waals surface area contributed by atoms with Gasteiger partial charge < -0.3 is 14.8 Å². The minimum Gasteiger partial charge on any atom is -0.478 e. The van der Waals surface area contributed by atoms with Gasteiger partial charge in [-0.1, -0.05) is 26.0 Å². The zero-order valence-corrected chi connectivity index (χ0v) is 11.9. The number of aromatic carboxylic acids is 1. The predicted octanol–water partition coefficient (Wildman–Crippen LogP) is 4.02. The Labute approximate surface area is 118 Å². The molecule has 1 aromatic carbocycles. The normalized spacial score (nSPS) is 10.8. The van der Waals surface area contributed by atoms with Crippen LogP contribution >= 0.6 is 0 Å². The summed E-state index contributed by atoms with van der Waals surface area (Å²) >= 11 is 0. The highest BCUT2D eigenvalue weighted by Crippen LogP contribution is 2.19. The smallest absolute Gasteiger partial charge is 0.339 e. The van der Waals surface area contributed by atoms with Crippen LogP contribution in [-0.4, -0.2) is 11.1 Å². The minimum atomic E-state index is -0.959. The molecule has 20 heavy (non-hydrogen) atoms. The van der Waals surface area contributed by atoms with Crippen LogP contribution in [0.2, 0.25) is 0 Å². The number of furan rings is 1. The monoisotopic (exact) mass is 273 g/mol. The van der Waals surface area contributed by atoms with Crippen molar-refractivity contribution in [3.05, 3.63) is 53.0 Å². The number of carbonyl (C=O) groups is 1. The molecule has 106 valence electrons. The molecule has 0 radical (unpaired) electrons. The molecule has 1 heterocycles. The average molecular weight is 273 g/mol. The van der Waals surface area contributed by atoms with E-state index in [2.05, 4.69) is 31.3 Å². The van der Waals surface area contributed by atoms with E-state index in [1.807, 2.05) is 12.1 Å². The number of carboxylic acids is 1. The van der Waals surface area contributed by atoms with E-state index in [1.54, 1.807) is 13.0 Å². The van der Waals surface area contributed by atoms with Gasteiger partial charge in [-0.2, -0.15) is 0 Å². The summed E-state index contributed by atoms with van der Waals surface area (Å²) in [5.41, 5.74) is 2.50. The predicted molar refractivity (Wildman–Crippen MR) is 78.3 cm³/mol. The summed E-state index contributed by atoms with van der Waals surface area (Å²) in [6.07, 6.45) is 0. The van der Waals surface area contributed by atoms with E-state index in [9.17, 15) is 4.79 Å². The first kappa shape index (κ1) is 14.2. The van der Waals surface area contributed by atoms with Gasteiger partial charge in [0.25, 0.3) is 0 Å². The fraction of sp³-hybridized carbons (Fsp3) is 0.312. The summed E-state index contributed by atoms with van der Waals surface area (Å²) in [6.45, 7) is 6.43. The third-order valence-corrected chi connectivity index (χ3v) is 3.24. The summed E-state index contributed by atoms with van der Waals surface area (Å²) in [5.74, 6) is 0.603. The van der Waals surface area contributed by atoms with Crippen LogP contribution in [0.4, 0.5) is 5.69 Å². The molecule has 0 aliphatic heterocycles. The van der Waals surface area contributed by atoms with Crippen LogP contribution in [0, 0.1) is 6.92 Å². The van der Waals surface area contributed by atoms with Crippen molar-refractivity contribution in [1.29, 1.82) is 0 Å². The van der Waals surface area contributed by atoms with E-state index < -0.39 is 5.97 Å². The van der Waals surface area contributed by atoms with Gasteiger partial charge in [-0.15, -0.1) is 0 Å². The van der Waals surface area contributed by atoms with Gasteiger partial charge in [0.15, 0.2) is 0 Å². The molecule has 0 saturated carbocycles. The number of anilines is 1. The first-order chi connectivity index (χ1) is 9.47. The Morgan fingerprint density at radius 3 is 2.45 bits per heavy atom. The number of benzene rings is 1. The van der Waals surface area contributed by atoms with Gasteiger partial charge in [-0.3, -0.25) is 0 Å². The van der Waals surface area contributed by atoms with Crippen LogP contribution in [-0.2, 0) is 6.54 Å². The highest BCUT2D eigenvalue weighted by atomic mass is 16.4. The van der Waals surface area contributed by atoms with E-state index in [-0.39, 0.29) is 5.56 Å². The van der Waals surface area contributed by atoms with Crippen molar-refractivity contribution in [2.24, 2.45) is 0 Å². The van der Waals surface area contributed by atoms with Gasteiger partial charge >= 0.3 is 5.97 Å². The second-order valence-electron chi connectivity index (χ2n) is 5.12. The summed E-state index contributed by atoms with van der Waals surface area (Å²) in [7, 11) is 0. The number of hydrogen-bond donors (Lipinski definition) is 2. The molecular formula is C16H19NO3. The van der Waals surface area contributed by atoms with Crippen LogP contribution in [0.3, 0.4) is 0 Å². The maximum atomic E-state index is 10.9. The molecule has 0 unspecified atom stereocenters. The molecule has 0 bridgehead atoms. The Balaban J connectivity index is 2.01. The van der Waals surface area contributed by atoms with Gasteiger partial charge in [0.1, 0.15) is 17.1 Å². The summed E-state index contributed by atoms with van der Waals surface area (Å²) in [4.78, 5) is 10.9. The Bertz CT molecular complexity index is 597. The minimum absolute atomic E-state index is 0.219. The molecule has 4 heteroatoms. The standard InChI is InChI=1S/C16H19NO3/c1-10(2)12-4-6-13(7-5-12)17-9-14-8-15(16(18)19)11(3)20-14/h4-8,10,17H,9H2,1-3H3,(H,18,19). The lowest BCUT2D eigenvalue weighted by Gasteiger charge is -2.08. The van der Waals surface area contributed by atoms with Gasteiger partial charge in [0, 0.05) is 5.69 Å². The number of carboxylic acid groups (broad SMARTS) is 1. The maximum Gasteiger partial charge on any atom is 0.339 e. The van der Waals surface area contributed by atoms with Crippen LogP contribution in [0.15, 0.2) is 34.7 Å². The first-order valence-corrected chi connectivity index (χ1v) is 6.64. The maximum absolute atomic E-state index is 10.9. The van der Waals surface area contributed by atoms with E-state index in [1.165, 1.54) is 5.56 Å². The molecule has 2 N–H and O–H groups in total. The number of hydrogen-bond acceptors (Lipinski definition) is 3. The van der Waals surface area contributed by atoms with Crippen LogP contribution in [0.1, 0.15) is 47.2 Å². The summed E-state index contributed by atoms with van der Waals surface area (Å²) in [6, 6.07) is 9.77. The number of rotatable bonds is 5. The topological polar surface area (TPSA) is 62.5 Å². The second kappa shape index (κ2) is 5.82. The lowest BCUT2D eigenvalue weighted by Crippen LogP contribution is -1.99. The van der Waals surface area contributed by atoms with E-state index in [0.29, 0.717) is 24.0 Å². The van der Waals surface area contributed by atoms with Crippen molar-refractivity contribution >= 4 is 11.7 Å². The average Bonchev–Trinajstić information content (AvgIpc) is 2.78. The molecule has 2 rings (SSSR count). The van der Waals surface area contributed by atoms with Crippen LogP contribution < -0.4 is 5.32 Å². The summed E-state index contributed by atoms with van der Waals surface area (Å²) in [5, 5.41) is 12.2. The molecule has 0 saturated heterocycles. The third kappa shape index (κ3) is 3.20. The molecule has 4 nitrogen and oxygen atoms in total. The van der Waals surface area contributed by atoms with Crippen molar-refractivity contribution < 1.29 is 14.3 Å². The molecular weight excluding hydrogens is 254 g/mol. The SMILES string of the molecule is Cc1oc(CNc2ccc(C(C)C)cc2)cc1C(=O)O. The van der Waals surface area contributed by atoms with Crippen molar-refractivity contribution in [1.82, 2.24) is 0 Å². The molecule has 0 amide bonds. The van der Waals surface area contributed by atoms with Crippen LogP contribution in [0.25, 0.3) is 0 Å². The fourth-order valence-electron chi connectivity index (χ4n) is 2.02. The summed E-state index contributed by atoms with van der Waals surface area (Å²) < 4.78 is 5.42. The Kier molecular flexibility index (Phi) is 4.13. The van der Waals surface area contributed by atoms with Crippen molar-refractivity contribution in [2.75, 3.05) is 5.32 Å². The quantitative estimate of drug-likeness (QED) is 0.863. The third-order valence-electron chi connectivity index (χ3n) is 3.24. The lowest BCUT2D eigenvalue weighted by atomic mass is 10.0. The largest absolute Gasteiger partial charge is 0.478 e. The molecule has 0 atom stereocenters. The molecule has 0 aliphatic rings. The van der Waals surface area contributed by atoms with E-state index in [4.69, 9.17) is 9.52 Å². The lowest BCUT2D eigenvalue weighted by molar-refractivity contribution is 0.0695. The number of nitrogens with one attached hydrogen (secondary N) is 1. The van der Waals surface area contributed by atoms with Crippen molar-refractivity contribution in [3.8, 4) is 0 Å². The van der Waals surface area contributed by atoms with Crippen molar-refractivity contribution in [3.63, 3.8) is 0 Å². The highest BCUT2D eigenvalue weighted by molar-refractivity contribution is 5.88. The van der Waals surface area contributed by atoms with E-state index in [0.717, 1.165) is 5.69 Å². The Morgan fingerprint density at radius 1 is 1.30 bits per heavy atom. The van der Waals surface area contributed by atoms with Gasteiger partial charge in [-0.05, 0) is 36.6 Å². The molecule has 0 aliphatic carbocycles. The van der Waals surface area contributed by atoms with Crippen LogP contribution in [0.5, 0.6) is 0 Å². The van der Waals surface area contributed by atoms with E-state index >= 15 is 0 Å². The second-order valence-corrected chi connectivity index (χ2v) is 5.12. The highest BCUT2D eigenvalue weighted by Gasteiger charge is 2.13. The van der Waals surface area contributed by atoms with Gasteiger partial charge in [0.2, 0.25) is 0 Å². The van der Waals surface area contributed by atoms with Crippen molar-refractivity contribution in [2.45, 2.75) is 33.2 Å². The van der Waals surface area contributed by atoms with Gasteiger partial charge in [-0.25, -0.2) is 4.79 Å². The Hall–Kier alpha value is -2.23. The molecule has 2 aromatic rings. The molecule has 0 fully saturated rings. The number of aryl methyl sites for hydroxylation is 1. The zero-order valence-electron chi connectivity index (χ0n) is 11.9. The molecule has 1 aromatic heterocycles. The Morgan fingerprint density at radius 2 is 1.95 bits per heavy atom. The fourth-order valence-corrected chi connectivity index (χ4v) is 2.02.